The second kappa shape index (κ2) is 4.07. The molecule has 1 aromatic rings. The highest BCUT2D eigenvalue weighted by Gasteiger charge is 2.09. The van der Waals surface area contributed by atoms with Crippen LogP contribution in [0.2, 0.25) is 0 Å². The van der Waals surface area contributed by atoms with Crippen LogP contribution in [0.1, 0.15) is 5.48 Å². The van der Waals surface area contributed by atoms with Crippen LogP contribution in [0.25, 0.3) is 0 Å². The number of piperazine rings is 1. The summed E-state index contributed by atoms with van der Waals surface area (Å²) in [6.45, 7) is -3.63. The fourth-order valence-corrected chi connectivity index (χ4v) is 1.28. The Balaban J connectivity index is 2.30. The van der Waals surface area contributed by atoms with Gasteiger partial charge in [0.2, 0.25) is 0 Å². The molecule has 2 heterocycles. The van der Waals surface area contributed by atoms with E-state index in [-0.39, 0.29) is 0 Å². The van der Waals surface area contributed by atoms with Gasteiger partial charge in [0.15, 0.2) is 0 Å². The Morgan fingerprint density at radius 3 is 2.85 bits per heavy atom. The minimum absolute atomic E-state index is 0.587. The van der Waals surface area contributed by atoms with E-state index in [1.165, 1.54) is 11.1 Å². The number of pyridine rings is 1. The van der Waals surface area contributed by atoms with E-state index in [1.807, 2.05) is 0 Å². The Labute approximate surface area is 91.9 Å². The third kappa shape index (κ3) is 2.19. The number of rotatable bonds is 1. The monoisotopic (exact) mass is 245 g/mol. The van der Waals surface area contributed by atoms with Gasteiger partial charge in [-0.05, 0) is 28.1 Å². The summed E-state index contributed by atoms with van der Waals surface area (Å²) in [5.41, 5.74) is 0.587. The lowest BCUT2D eigenvalue weighted by atomic mass is 10.3. The third-order valence-corrected chi connectivity index (χ3v) is 2.14. The zero-order chi connectivity index (χ0) is 12.6. The molecule has 0 aromatic carbocycles. The number of aromatic nitrogens is 1. The Kier molecular flexibility index (Phi) is 1.66. The Morgan fingerprint density at radius 1 is 1.46 bits per heavy atom. The molecule has 0 amide bonds. The molecule has 1 aliphatic rings. The first-order chi connectivity index (χ1) is 8.00. The van der Waals surface area contributed by atoms with Crippen molar-refractivity contribution in [1.29, 1.82) is 0 Å². The van der Waals surface area contributed by atoms with E-state index in [0.717, 1.165) is 0 Å². The molecule has 1 saturated heterocycles. The quantitative estimate of drug-likeness (QED) is 0.756. The van der Waals surface area contributed by atoms with Crippen LogP contribution in [-0.2, 0) is 0 Å². The molecule has 4 unspecified atom stereocenters. The SMILES string of the molecule is [2H]C1NC([2H])C([2H])N(c2ccc(Br)nc2)C1[2H]. The highest BCUT2D eigenvalue weighted by Crippen LogP contribution is 2.15. The molecule has 2 rings (SSSR count). The number of halogens is 1. The molecule has 0 aliphatic carbocycles. The number of hydrogen-bond acceptors (Lipinski definition) is 3. The van der Waals surface area contributed by atoms with Crippen molar-refractivity contribution in [2.45, 2.75) is 0 Å². The molecular weight excluding hydrogens is 230 g/mol. The van der Waals surface area contributed by atoms with Gasteiger partial charge in [-0.15, -0.1) is 0 Å². The minimum atomic E-state index is -0.915. The topological polar surface area (TPSA) is 28.2 Å². The fraction of sp³-hybridized carbons (Fsp3) is 0.444. The maximum Gasteiger partial charge on any atom is 0.106 e. The molecule has 4 heteroatoms. The van der Waals surface area contributed by atoms with E-state index in [1.54, 1.807) is 12.1 Å². The number of nitrogens with zero attached hydrogens (tertiary/aromatic N) is 2. The Hall–Kier alpha value is -0.610. The average molecular weight is 246 g/mol. The molecule has 0 saturated carbocycles. The van der Waals surface area contributed by atoms with Gasteiger partial charge in [-0.3, -0.25) is 0 Å². The second-order valence-corrected chi connectivity index (χ2v) is 3.36. The van der Waals surface area contributed by atoms with Crippen molar-refractivity contribution in [1.82, 2.24) is 10.3 Å². The van der Waals surface area contributed by atoms with Gasteiger partial charge in [0.1, 0.15) is 4.60 Å². The maximum atomic E-state index is 7.88. The summed E-state index contributed by atoms with van der Waals surface area (Å²) in [6.07, 6.45) is 1.54. The molecule has 1 aliphatic heterocycles. The van der Waals surface area contributed by atoms with Crippen LogP contribution in [0.3, 0.4) is 0 Å². The van der Waals surface area contributed by atoms with Crippen molar-refractivity contribution in [3.05, 3.63) is 22.9 Å². The molecule has 1 fully saturated rings. The van der Waals surface area contributed by atoms with E-state index >= 15 is 0 Å². The van der Waals surface area contributed by atoms with E-state index in [4.69, 9.17) is 5.48 Å². The van der Waals surface area contributed by atoms with Gasteiger partial charge in [0, 0.05) is 28.8 Å². The van der Waals surface area contributed by atoms with Crippen molar-refractivity contribution >= 4 is 21.6 Å². The van der Waals surface area contributed by atoms with Gasteiger partial charge in [-0.1, -0.05) is 0 Å². The van der Waals surface area contributed by atoms with Crippen LogP contribution in [-0.4, -0.2) is 31.1 Å². The molecule has 0 radical (unpaired) electrons. The Bertz CT molecular complexity index is 376. The molecule has 0 bridgehead atoms. The van der Waals surface area contributed by atoms with E-state index in [2.05, 4.69) is 26.2 Å². The summed E-state index contributed by atoms with van der Waals surface area (Å²) in [4.78, 5) is 5.46. The highest BCUT2D eigenvalue weighted by atomic mass is 79.9. The van der Waals surface area contributed by atoms with Crippen LogP contribution < -0.4 is 10.2 Å². The highest BCUT2D eigenvalue weighted by molar-refractivity contribution is 9.10. The molecule has 0 spiro atoms. The summed E-state index contributed by atoms with van der Waals surface area (Å²) in [7, 11) is 0. The van der Waals surface area contributed by atoms with E-state index in [9.17, 15) is 0 Å². The van der Waals surface area contributed by atoms with Crippen LogP contribution in [0.15, 0.2) is 22.9 Å². The minimum Gasteiger partial charge on any atom is -0.368 e. The van der Waals surface area contributed by atoms with Gasteiger partial charge >= 0.3 is 0 Å². The van der Waals surface area contributed by atoms with Crippen molar-refractivity contribution in [2.75, 3.05) is 31.0 Å². The first kappa shape index (κ1) is 5.32. The molecule has 13 heavy (non-hydrogen) atoms. The lowest BCUT2D eigenvalue weighted by Gasteiger charge is -2.29. The third-order valence-electron chi connectivity index (χ3n) is 1.67. The van der Waals surface area contributed by atoms with Gasteiger partial charge in [0.25, 0.3) is 0 Å². The molecule has 1 aromatic heterocycles. The molecular formula is C9H12BrN3. The predicted molar refractivity (Wildman–Crippen MR) is 57.0 cm³/mol. The molecule has 3 nitrogen and oxygen atoms in total. The van der Waals surface area contributed by atoms with Crippen molar-refractivity contribution in [3.8, 4) is 0 Å². The summed E-state index contributed by atoms with van der Waals surface area (Å²) < 4.78 is 31.7. The summed E-state index contributed by atoms with van der Waals surface area (Å²) in [5, 5.41) is 2.58. The standard InChI is InChI=1S/C9H12BrN3/c10-9-2-1-8(7-12-9)13-5-3-11-4-6-13/h1-2,7,11H,3-6H2/i3D,4D,5D,6D. The number of hydrogen-bond donors (Lipinski definition) is 1. The first-order valence-corrected chi connectivity index (χ1v) is 4.65. The maximum absolute atomic E-state index is 7.88. The smallest absolute Gasteiger partial charge is 0.106 e. The normalized spacial score (nSPS) is 44.5. The van der Waals surface area contributed by atoms with Crippen LogP contribution in [0, 0.1) is 0 Å². The van der Waals surface area contributed by atoms with Crippen LogP contribution >= 0.6 is 15.9 Å². The van der Waals surface area contributed by atoms with Crippen LogP contribution in [0.5, 0.6) is 0 Å². The summed E-state index contributed by atoms with van der Waals surface area (Å²) in [6, 6.07) is 3.44. The van der Waals surface area contributed by atoms with E-state index in [0.29, 0.717) is 10.3 Å². The number of anilines is 1. The van der Waals surface area contributed by atoms with Gasteiger partial charge in [-0.2, -0.15) is 0 Å². The summed E-state index contributed by atoms with van der Waals surface area (Å²) in [5.74, 6) is 0. The zero-order valence-corrected chi connectivity index (χ0v) is 8.40. The van der Waals surface area contributed by atoms with Gasteiger partial charge in [0.05, 0.1) is 14.6 Å². The van der Waals surface area contributed by atoms with E-state index < -0.39 is 26.1 Å². The van der Waals surface area contributed by atoms with Crippen molar-refractivity contribution in [2.24, 2.45) is 0 Å². The first-order valence-electron chi connectivity index (χ1n) is 6.16. The van der Waals surface area contributed by atoms with Gasteiger partial charge in [-0.25, -0.2) is 4.98 Å². The fourth-order valence-electron chi connectivity index (χ4n) is 1.04. The van der Waals surface area contributed by atoms with Gasteiger partial charge < -0.3 is 10.2 Å². The van der Waals surface area contributed by atoms with Crippen molar-refractivity contribution in [3.63, 3.8) is 0 Å². The van der Waals surface area contributed by atoms with Crippen LogP contribution in [0.4, 0.5) is 5.69 Å². The molecule has 1 N–H and O–H groups in total. The average Bonchev–Trinajstić information content (AvgIpc) is 2.29. The lowest BCUT2D eigenvalue weighted by molar-refractivity contribution is 0.588. The number of nitrogens with one attached hydrogen (secondary N) is 1. The van der Waals surface area contributed by atoms with Crippen molar-refractivity contribution < 1.29 is 5.48 Å². The summed E-state index contributed by atoms with van der Waals surface area (Å²) >= 11 is 3.21. The second-order valence-electron chi connectivity index (χ2n) is 2.54. The zero-order valence-electron chi connectivity index (χ0n) is 10.8. The predicted octanol–water partition coefficient (Wildman–Crippen LogP) is 1.25. The Morgan fingerprint density at radius 2 is 2.23 bits per heavy atom. The molecule has 70 valence electrons. The largest absolute Gasteiger partial charge is 0.368 e. The lowest BCUT2D eigenvalue weighted by Crippen LogP contribution is -2.43. The molecule has 4 atom stereocenters.